The Morgan fingerprint density at radius 3 is 2.54 bits per heavy atom. The van der Waals surface area contributed by atoms with Gasteiger partial charge >= 0.3 is 5.97 Å². The summed E-state index contributed by atoms with van der Waals surface area (Å²) in [5, 5.41) is 2.83. The molecular weight excluding hydrogens is 172 g/mol. The lowest BCUT2D eigenvalue weighted by molar-refractivity contribution is -0.145. The average molecular weight is 186 g/mol. The number of carbonyl (C=O) groups is 2. The minimum atomic E-state index is -0.410. The fourth-order valence-electron chi connectivity index (χ4n) is 1.40. The molecule has 1 heterocycles. The van der Waals surface area contributed by atoms with Gasteiger partial charge in [0.2, 0.25) is 5.91 Å². The van der Waals surface area contributed by atoms with E-state index in [1.807, 2.05) is 0 Å². The van der Waals surface area contributed by atoms with Gasteiger partial charge in [-0.2, -0.15) is 0 Å². The standard InChI is InChI=1S/C8H14N2O3/c1-2-13-8(12)6-4-3-5(10-6)7(9)11/h5-6,10H,2-4H2,1H3,(H2,9,11)/t5-,6+/m1/s1. The number of primary amides is 1. The van der Waals surface area contributed by atoms with Crippen LogP contribution in [0, 0.1) is 0 Å². The number of carbonyl (C=O) groups excluding carboxylic acids is 2. The van der Waals surface area contributed by atoms with Crippen LogP contribution in [0.5, 0.6) is 0 Å². The lowest BCUT2D eigenvalue weighted by Gasteiger charge is -2.10. The molecule has 1 saturated heterocycles. The van der Waals surface area contributed by atoms with Crippen molar-refractivity contribution in [2.75, 3.05) is 6.61 Å². The molecule has 1 fully saturated rings. The summed E-state index contributed by atoms with van der Waals surface area (Å²) >= 11 is 0. The second-order valence-electron chi connectivity index (χ2n) is 3.00. The van der Waals surface area contributed by atoms with Gasteiger partial charge in [-0.1, -0.05) is 0 Å². The van der Waals surface area contributed by atoms with E-state index in [1.54, 1.807) is 6.92 Å². The van der Waals surface area contributed by atoms with Gasteiger partial charge in [0.25, 0.3) is 0 Å². The van der Waals surface area contributed by atoms with Crippen LogP contribution in [0.3, 0.4) is 0 Å². The monoisotopic (exact) mass is 186 g/mol. The third-order valence-electron chi connectivity index (χ3n) is 2.06. The van der Waals surface area contributed by atoms with E-state index in [0.29, 0.717) is 19.4 Å². The maximum absolute atomic E-state index is 11.2. The zero-order valence-electron chi connectivity index (χ0n) is 7.58. The van der Waals surface area contributed by atoms with E-state index in [2.05, 4.69) is 5.32 Å². The molecule has 0 unspecified atom stereocenters. The molecule has 1 aliphatic rings. The summed E-state index contributed by atoms with van der Waals surface area (Å²) in [4.78, 5) is 21.9. The van der Waals surface area contributed by atoms with Crippen LogP contribution in [0.2, 0.25) is 0 Å². The zero-order chi connectivity index (χ0) is 9.84. The molecule has 0 aliphatic carbocycles. The number of nitrogens with two attached hydrogens (primary N) is 1. The molecule has 74 valence electrons. The normalized spacial score (nSPS) is 27.2. The predicted octanol–water partition coefficient (Wildman–Crippen LogP) is -0.845. The summed E-state index contributed by atoms with van der Waals surface area (Å²) in [7, 11) is 0. The number of hydrogen-bond acceptors (Lipinski definition) is 4. The van der Waals surface area contributed by atoms with Gasteiger partial charge in [0, 0.05) is 0 Å². The Morgan fingerprint density at radius 1 is 1.46 bits per heavy atom. The first kappa shape index (κ1) is 9.98. The predicted molar refractivity (Wildman–Crippen MR) is 45.8 cm³/mol. The molecule has 0 radical (unpaired) electrons. The van der Waals surface area contributed by atoms with Crippen LogP contribution in [-0.4, -0.2) is 30.6 Å². The van der Waals surface area contributed by atoms with Gasteiger partial charge in [0.15, 0.2) is 0 Å². The maximum Gasteiger partial charge on any atom is 0.323 e. The SMILES string of the molecule is CCOC(=O)[C@@H]1CC[C@H](C(N)=O)N1. The quantitative estimate of drug-likeness (QED) is 0.563. The van der Waals surface area contributed by atoms with Crippen LogP contribution < -0.4 is 11.1 Å². The van der Waals surface area contributed by atoms with E-state index in [0.717, 1.165) is 0 Å². The Kier molecular flexibility index (Phi) is 3.25. The molecule has 13 heavy (non-hydrogen) atoms. The van der Waals surface area contributed by atoms with Gasteiger partial charge in [0.05, 0.1) is 12.6 Å². The summed E-state index contributed by atoms with van der Waals surface area (Å²) in [5.41, 5.74) is 5.08. The largest absolute Gasteiger partial charge is 0.465 e. The fourth-order valence-corrected chi connectivity index (χ4v) is 1.40. The van der Waals surface area contributed by atoms with Crippen molar-refractivity contribution in [1.82, 2.24) is 5.32 Å². The molecule has 1 aliphatic heterocycles. The highest BCUT2D eigenvalue weighted by Crippen LogP contribution is 2.12. The molecule has 2 atom stereocenters. The molecule has 1 amide bonds. The summed E-state index contributed by atoms with van der Waals surface area (Å²) < 4.78 is 4.80. The summed E-state index contributed by atoms with van der Waals surface area (Å²) in [6.07, 6.45) is 1.23. The minimum absolute atomic E-state index is 0.300. The van der Waals surface area contributed by atoms with Crippen molar-refractivity contribution in [2.45, 2.75) is 31.8 Å². The van der Waals surface area contributed by atoms with E-state index in [1.165, 1.54) is 0 Å². The smallest absolute Gasteiger partial charge is 0.323 e. The van der Waals surface area contributed by atoms with E-state index >= 15 is 0 Å². The van der Waals surface area contributed by atoms with Gasteiger partial charge in [-0.05, 0) is 19.8 Å². The highest BCUT2D eigenvalue weighted by molar-refractivity contribution is 5.83. The van der Waals surface area contributed by atoms with Crippen LogP contribution in [-0.2, 0) is 14.3 Å². The minimum Gasteiger partial charge on any atom is -0.465 e. The van der Waals surface area contributed by atoms with Crippen molar-refractivity contribution in [3.05, 3.63) is 0 Å². The Hall–Kier alpha value is -1.10. The zero-order valence-corrected chi connectivity index (χ0v) is 7.58. The van der Waals surface area contributed by atoms with Crippen molar-refractivity contribution in [2.24, 2.45) is 5.73 Å². The van der Waals surface area contributed by atoms with Crippen molar-refractivity contribution in [3.8, 4) is 0 Å². The first-order valence-electron chi connectivity index (χ1n) is 4.37. The van der Waals surface area contributed by atoms with Gasteiger partial charge < -0.3 is 10.5 Å². The molecule has 0 aromatic carbocycles. The molecule has 0 saturated carbocycles. The molecular formula is C8H14N2O3. The Balaban J connectivity index is 2.40. The number of ether oxygens (including phenoxy) is 1. The van der Waals surface area contributed by atoms with E-state index < -0.39 is 5.91 Å². The summed E-state index contributed by atoms with van der Waals surface area (Å²) in [6, 6.07) is -0.744. The maximum atomic E-state index is 11.2. The fraction of sp³-hybridized carbons (Fsp3) is 0.750. The molecule has 0 spiro atoms. The first-order chi connectivity index (χ1) is 6.15. The van der Waals surface area contributed by atoms with E-state index in [9.17, 15) is 9.59 Å². The Labute approximate surface area is 76.6 Å². The van der Waals surface area contributed by atoms with Gasteiger partial charge in [-0.3, -0.25) is 14.9 Å². The van der Waals surface area contributed by atoms with Crippen LogP contribution >= 0.6 is 0 Å². The number of nitrogens with one attached hydrogen (secondary N) is 1. The summed E-state index contributed by atoms with van der Waals surface area (Å²) in [5.74, 6) is -0.710. The van der Waals surface area contributed by atoms with Crippen LogP contribution in [0.15, 0.2) is 0 Å². The van der Waals surface area contributed by atoms with Crippen molar-refractivity contribution >= 4 is 11.9 Å². The number of amides is 1. The molecule has 0 bridgehead atoms. The molecule has 5 heteroatoms. The lowest BCUT2D eigenvalue weighted by Crippen LogP contribution is -2.43. The molecule has 0 aromatic rings. The van der Waals surface area contributed by atoms with Crippen LogP contribution in [0.4, 0.5) is 0 Å². The van der Waals surface area contributed by atoms with E-state index in [-0.39, 0.29) is 18.1 Å². The summed E-state index contributed by atoms with van der Waals surface area (Å²) in [6.45, 7) is 2.11. The van der Waals surface area contributed by atoms with Crippen molar-refractivity contribution < 1.29 is 14.3 Å². The second kappa shape index (κ2) is 4.23. The second-order valence-corrected chi connectivity index (χ2v) is 3.00. The van der Waals surface area contributed by atoms with E-state index in [4.69, 9.17) is 10.5 Å². The molecule has 0 aromatic heterocycles. The van der Waals surface area contributed by atoms with Crippen molar-refractivity contribution in [3.63, 3.8) is 0 Å². The lowest BCUT2D eigenvalue weighted by atomic mass is 10.2. The number of esters is 1. The number of rotatable bonds is 3. The average Bonchev–Trinajstić information content (AvgIpc) is 2.52. The Bertz CT molecular complexity index is 217. The third-order valence-corrected chi connectivity index (χ3v) is 2.06. The van der Waals surface area contributed by atoms with Crippen LogP contribution in [0.25, 0.3) is 0 Å². The molecule has 5 nitrogen and oxygen atoms in total. The van der Waals surface area contributed by atoms with Crippen molar-refractivity contribution in [1.29, 1.82) is 0 Å². The van der Waals surface area contributed by atoms with Crippen LogP contribution in [0.1, 0.15) is 19.8 Å². The topological polar surface area (TPSA) is 81.4 Å². The highest BCUT2D eigenvalue weighted by atomic mass is 16.5. The Morgan fingerprint density at radius 2 is 2.08 bits per heavy atom. The first-order valence-corrected chi connectivity index (χ1v) is 4.37. The molecule has 1 rings (SSSR count). The third kappa shape index (κ3) is 2.42. The highest BCUT2D eigenvalue weighted by Gasteiger charge is 2.32. The number of hydrogen-bond donors (Lipinski definition) is 2. The molecule has 3 N–H and O–H groups in total. The van der Waals surface area contributed by atoms with Gasteiger partial charge in [-0.25, -0.2) is 0 Å². The van der Waals surface area contributed by atoms with Gasteiger partial charge in [-0.15, -0.1) is 0 Å². The van der Waals surface area contributed by atoms with Gasteiger partial charge in [0.1, 0.15) is 6.04 Å².